The molecule has 20 heavy (non-hydrogen) atoms. The van der Waals surface area contributed by atoms with Gasteiger partial charge in [-0.2, -0.15) is 0 Å². The second-order valence-corrected chi connectivity index (χ2v) is 5.26. The number of aromatic nitrogens is 1. The lowest BCUT2D eigenvalue weighted by Crippen LogP contribution is -2.40. The molecule has 3 heterocycles. The van der Waals surface area contributed by atoms with Gasteiger partial charge in [-0.15, -0.1) is 0 Å². The van der Waals surface area contributed by atoms with E-state index in [1.165, 1.54) is 5.56 Å². The van der Waals surface area contributed by atoms with Gasteiger partial charge in [-0.05, 0) is 31.4 Å². The molecule has 1 unspecified atom stereocenters. The fourth-order valence-electron chi connectivity index (χ4n) is 2.87. The second kappa shape index (κ2) is 5.89. The Morgan fingerprint density at radius 1 is 1.55 bits per heavy atom. The number of pyridine rings is 1. The number of ether oxygens (including phenoxy) is 2. The van der Waals surface area contributed by atoms with Crippen LogP contribution in [0.1, 0.15) is 35.1 Å². The van der Waals surface area contributed by atoms with E-state index in [-0.39, 0.29) is 5.97 Å². The highest BCUT2D eigenvalue weighted by Crippen LogP contribution is 2.22. The van der Waals surface area contributed by atoms with Gasteiger partial charge < -0.3 is 9.47 Å². The van der Waals surface area contributed by atoms with E-state index >= 15 is 0 Å². The molecule has 5 heteroatoms. The van der Waals surface area contributed by atoms with Gasteiger partial charge in [0.15, 0.2) is 0 Å². The smallest absolute Gasteiger partial charge is 0.356 e. The van der Waals surface area contributed by atoms with Crippen LogP contribution in [0.15, 0.2) is 12.1 Å². The summed E-state index contributed by atoms with van der Waals surface area (Å²) < 4.78 is 10.5. The van der Waals surface area contributed by atoms with Gasteiger partial charge in [0.25, 0.3) is 0 Å². The highest BCUT2D eigenvalue weighted by molar-refractivity contribution is 5.87. The fraction of sp³-hybridized carbons (Fsp3) is 0.600. The quantitative estimate of drug-likeness (QED) is 0.781. The molecule has 3 rings (SSSR count). The van der Waals surface area contributed by atoms with E-state index in [9.17, 15) is 4.79 Å². The lowest BCUT2D eigenvalue weighted by molar-refractivity contribution is 0.0518. The van der Waals surface area contributed by atoms with Crippen LogP contribution >= 0.6 is 0 Å². The number of rotatable bonds is 3. The van der Waals surface area contributed by atoms with Gasteiger partial charge in [-0.1, -0.05) is 6.07 Å². The van der Waals surface area contributed by atoms with Crippen molar-refractivity contribution in [2.75, 3.05) is 26.4 Å². The van der Waals surface area contributed by atoms with E-state index in [4.69, 9.17) is 9.47 Å². The van der Waals surface area contributed by atoms with Gasteiger partial charge in [0.2, 0.25) is 0 Å². The number of hydrogen-bond acceptors (Lipinski definition) is 5. The predicted molar refractivity (Wildman–Crippen MR) is 73.5 cm³/mol. The van der Waals surface area contributed by atoms with Crippen molar-refractivity contribution in [1.82, 2.24) is 9.88 Å². The van der Waals surface area contributed by atoms with Crippen LogP contribution in [-0.2, 0) is 22.4 Å². The molecule has 0 radical (unpaired) electrons. The van der Waals surface area contributed by atoms with Crippen molar-refractivity contribution in [1.29, 1.82) is 0 Å². The summed E-state index contributed by atoms with van der Waals surface area (Å²) in [6, 6.07) is 4.28. The first-order chi connectivity index (χ1) is 9.78. The van der Waals surface area contributed by atoms with Crippen molar-refractivity contribution in [2.45, 2.75) is 32.4 Å². The highest BCUT2D eigenvalue weighted by atomic mass is 16.5. The largest absolute Gasteiger partial charge is 0.461 e. The molecule has 0 N–H and O–H groups in total. The molecule has 5 nitrogen and oxygen atoms in total. The maximum Gasteiger partial charge on any atom is 0.356 e. The van der Waals surface area contributed by atoms with Crippen molar-refractivity contribution in [3.8, 4) is 0 Å². The molecule has 1 saturated heterocycles. The maximum absolute atomic E-state index is 11.7. The van der Waals surface area contributed by atoms with Crippen molar-refractivity contribution in [3.63, 3.8) is 0 Å². The number of hydrogen-bond donors (Lipinski definition) is 0. The summed E-state index contributed by atoms with van der Waals surface area (Å²) in [5, 5.41) is 0. The molecule has 0 bridgehead atoms. The van der Waals surface area contributed by atoms with E-state index < -0.39 is 0 Å². The number of fused-ring (bicyclic) bond motifs is 1. The number of nitrogens with zero attached hydrogens (tertiary/aromatic N) is 2. The average Bonchev–Trinajstić information content (AvgIpc) is 3.00. The van der Waals surface area contributed by atoms with E-state index in [1.54, 1.807) is 13.0 Å². The molecular weight excluding hydrogens is 256 g/mol. The lowest BCUT2D eigenvalue weighted by atomic mass is 10.0. The minimum absolute atomic E-state index is 0.336. The van der Waals surface area contributed by atoms with Crippen LogP contribution in [0.4, 0.5) is 0 Å². The Labute approximate surface area is 118 Å². The van der Waals surface area contributed by atoms with Crippen LogP contribution in [-0.4, -0.2) is 48.3 Å². The topological polar surface area (TPSA) is 51.7 Å². The van der Waals surface area contributed by atoms with Gasteiger partial charge in [0.05, 0.1) is 18.9 Å². The van der Waals surface area contributed by atoms with Crippen LogP contribution in [0, 0.1) is 0 Å². The maximum atomic E-state index is 11.7. The van der Waals surface area contributed by atoms with Crippen LogP contribution in [0.5, 0.6) is 0 Å². The van der Waals surface area contributed by atoms with Crippen molar-refractivity contribution in [2.24, 2.45) is 0 Å². The van der Waals surface area contributed by atoms with E-state index in [0.29, 0.717) is 18.3 Å². The Morgan fingerprint density at radius 3 is 3.20 bits per heavy atom. The van der Waals surface area contributed by atoms with Crippen molar-refractivity contribution >= 4 is 5.97 Å². The first-order valence-corrected chi connectivity index (χ1v) is 7.25. The number of esters is 1. The summed E-state index contributed by atoms with van der Waals surface area (Å²) in [5.41, 5.74) is 2.66. The normalized spacial score (nSPS) is 22.6. The fourth-order valence-corrected chi connectivity index (χ4v) is 2.87. The van der Waals surface area contributed by atoms with Crippen LogP contribution in [0.25, 0.3) is 0 Å². The molecule has 0 spiro atoms. The van der Waals surface area contributed by atoms with E-state index in [2.05, 4.69) is 9.88 Å². The molecule has 2 aliphatic heterocycles. The van der Waals surface area contributed by atoms with Crippen molar-refractivity contribution in [3.05, 3.63) is 29.1 Å². The SMILES string of the molecule is CCOC(=O)c1ccc2c(n1)CN(C1CCOC1)CC2. The van der Waals surface area contributed by atoms with Gasteiger partial charge in [-0.25, -0.2) is 9.78 Å². The molecule has 0 aliphatic carbocycles. The molecular formula is C15H20N2O3. The minimum Gasteiger partial charge on any atom is -0.461 e. The Hall–Kier alpha value is -1.46. The Morgan fingerprint density at radius 2 is 2.45 bits per heavy atom. The molecule has 1 fully saturated rings. The molecule has 1 aromatic heterocycles. The van der Waals surface area contributed by atoms with E-state index in [1.807, 2.05) is 6.07 Å². The molecule has 0 saturated carbocycles. The Balaban J connectivity index is 1.76. The summed E-state index contributed by atoms with van der Waals surface area (Å²) >= 11 is 0. The third-order valence-electron chi connectivity index (χ3n) is 4.00. The molecule has 108 valence electrons. The average molecular weight is 276 g/mol. The van der Waals surface area contributed by atoms with Crippen molar-refractivity contribution < 1.29 is 14.3 Å². The zero-order valence-electron chi connectivity index (χ0n) is 11.8. The molecule has 2 aliphatic rings. The van der Waals surface area contributed by atoms with Crippen LogP contribution < -0.4 is 0 Å². The van der Waals surface area contributed by atoms with Gasteiger partial charge in [-0.3, -0.25) is 4.90 Å². The van der Waals surface area contributed by atoms with Crippen LogP contribution in [0.2, 0.25) is 0 Å². The zero-order valence-corrected chi connectivity index (χ0v) is 11.8. The molecule has 0 amide bonds. The summed E-state index contributed by atoms with van der Waals surface area (Å²) in [4.78, 5) is 18.7. The van der Waals surface area contributed by atoms with Gasteiger partial charge in [0.1, 0.15) is 5.69 Å². The third-order valence-corrected chi connectivity index (χ3v) is 4.00. The Bertz CT molecular complexity index is 498. The van der Waals surface area contributed by atoms with Gasteiger partial charge in [0, 0.05) is 25.7 Å². The lowest BCUT2D eigenvalue weighted by Gasteiger charge is -2.32. The zero-order chi connectivity index (χ0) is 13.9. The molecule has 0 aromatic carbocycles. The number of carbonyl (C=O) groups excluding carboxylic acids is 1. The predicted octanol–water partition coefficient (Wildman–Crippen LogP) is 1.41. The first kappa shape index (κ1) is 13.5. The summed E-state index contributed by atoms with van der Waals surface area (Å²) in [6.45, 7) is 5.69. The van der Waals surface area contributed by atoms with Crippen LogP contribution in [0.3, 0.4) is 0 Å². The minimum atomic E-state index is -0.336. The highest BCUT2D eigenvalue weighted by Gasteiger charge is 2.27. The summed E-state index contributed by atoms with van der Waals surface area (Å²) in [6.07, 6.45) is 2.08. The standard InChI is InChI=1S/C15H20N2O3/c1-2-20-15(18)13-4-3-11-5-7-17(9-14(11)16-13)12-6-8-19-10-12/h3-4,12H,2,5-10H2,1H3. The molecule has 1 atom stereocenters. The monoisotopic (exact) mass is 276 g/mol. The second-order valence-electron chi connectivity index (χ2n) is 5.26. The Kier molecular flexibility index (Phi) is 3.98. The summed E-state index contributed by atoms with van der Waals surface area (Å²) in [5.74, 6) is -0.336. The van der Waals surface area contributed by atoms with E-state index in [0.717, 1.165) is 44.8 Å². The summed E-state index contributed by atoms with van der Waals surface area (Å²) in [7, 11) is 0. The first-order valence-electron chi connectivity index (χ1n) is 7.25. The molecule has 1 aromatic rings. The third kappa shape index (κ3) is 2.69. The van der Waals surface area contributed by atoms with Gasteiger partial charge >= 0.3 is 5.97 Å². The number of carbonyl (C=O) groups is 1.